The fraction of sp³-hybridized carbons (Fsp3) is 0.696. The van der Waals surface area contributed by atoms with Crippen LogP contribution in [-0.4, -0.2) is 30.6 Å². The third kappa shape index (κ3) is 3.87. The maximum Gasteiger partial charge on any atom is 0.243 e. The molecule has 3 N–H and O–H groups in total. The molecule has 0 spiro atoms. The first-order valence-electron chi connectivity index (χ1n) is 10.8. The Balaban J connectivity index is 1.64. The predicted molar refractivity (Wildman–Crippen MR) is 113 cm³/mol. The molecule has 0 aromatic heterocycles. The monoisotopic (exact) mass is 371 g/mol. The van der Waals surface area contributed by atoms with Crippen LogP contribution in [-0.2, 0) is 11.2 Å². The molecule has 5 unspecified atom stereocenters. The number of hydrogen-bond acceptors (Lipinski definition) is 3. The van der Waals surface area contributed by atoms with Crippen molar-refractivity contribution in [1.82, 2.24) is 10.6 Å². The van der Waals surface area contributed by atoms with Gasteiger partial charge in [0.25, 0.3) is 0 Å². The van der Waals surface area contributed by atoms with E-state index in [1.807, 2.05) is 0 Å². The largest absolute Gasteiger partial charge is 0.373 e. The summed E-state index contributed by atoms with van der Waals surface area (Å²) >= 11 is 0. The summed E-state index contributed by atoms with van der Waals surface area (Å²) in [5, 5.41) is 10.5. The highest BCUT2D eigenvalue weighted by molar-refractivity contribution is 5.88. The van der Waals surface area contributed by atoms with E-state index in [0.29, 0.717) is 17.4 Å². The summed E-state index contributed by atoms with van der Waals surface area (Å²) in [5.41, 5.74) is 4.01. The van der Waals surface area contributed by atoms with Gasteiger partial charge in [-0.1, -0.05) is 51.8 Å². The Morgan fingerprint density at radius 1 is 1.37 bits per heavy atom. The van der Waals surface area contributed by atoms with Crippen LogP contribution in [0.1, 0.15) is 64.5 Å². The first kappa shape index (κ1) is 20.2. The maximum atomic E-state index is 12.9. The zero-order valence-electron chi connectivity index (χ0n) is 17.7. The van der Waals surface area contributed by atoms with E-state index in [-0.39, 0.29) is 18.0 Å². The molecule has 1 aromatic carbocycles. The second-order valence-corrected chi connectivity index (χ2v) is 8.79. The molecule has 1 amide bonds. The highest BCUT2D eigenvalue weighted by Crippen LogP contribution is 2.44. The van der Waals surface area contributed by atoms with Gasteiger partial charge >= 0.3 is 0 Å². The molecular weight excluding hydrogens is 334 g/mol. The lowest BCUT2D eigenvalue weighted by Crippen LogP contribution is -2.60. The number of aryl methyl sites for hydroxylation is 1. The van der Waals surface area contributed by atoms with E-state index in [9.17, 15) is 4.79 Å². The Hall–Kier alpha value is -1.55. The minimum absolute atomic E-state index is 0.121. The normalized spacial score (nSPS) is 31.1. The Labute approximate surface area is 164 Å². The minimum Gasteiger partial charge on any atom is -0.373 e. The summed E-state index contributed by atoms with van der Waals surface area (Å²) in [7, 11) is 0. The van der Waals surface area contributed by atoms with Gasteiger partial charge in [-0.15, -0.1) is 0 Å². The van der Waals surface area contributed by atoms with Crippen molar-refractivity contribution in [1.29, 1.82) is 0 Å². The predicted octanol–water partition coefficient (Wildman–Crippen LogP) is 4.03. The van der Waals surface area contributed by atoms with Gasteiger partial charge in [-0.3, -0.25) is 4.79 Å². The number of hydrogen-bond donors (Lipinski definition) is 3. The molecule has 4 nitrogen and oxygen atoms in total. The van der Waals surface area contributed by atoms with E-state index < -0.39 is 0 Å². The number of piperidine rings is 1. The van der Waals surface area contributed by atoms with Crippen LogP contribution in [0.2, 0.25) is 0 Å². The second kappa shape index (κ2) is 8.22. The Morgan fingerprint density at radius 2 is 2.15 bits per heavy atom. The van der Waals surface area contributed by atoms with Crippen molar-refractivity contribution in [2.75, 3.05) is 11.9 Å². The average Bonchev–Trinajstić information content (AvgIpc) is 3.09. The van der Waals surface area contributed by atoms with Gasteiger partial charge in [0.05, 0.1) is 0 Å². The van der Waals surface area contributed by atoms with Crippen molar-refractivity contribution in [2.45, 2.75) is 84.8 Å². The van der Waals surface area contributed by atoms with Crippen LogP contribution in [0.3, 0.4) is 0 Å². The number of fused-ring (bicyclic) bond motifs is 1. The summed E-state index contributed by atoms with van der Waals surface area (Å²) in [6.07, 6.45) is 5.75. The Kier molecular flexibility index (Phi) is 6.15. The minimum atomic E-state index is -0.158. The smallest absolute Gasteiger partial charge is 0.243 e. The summed E-state index contributed by atoms with van der Waals surface area (Å²) in [6, 6.07) is 6.60. The number of carbonyl (C=O) groups is 1. The molecule has 0 bridgehead atoms. The Morgan fingerprint density at radius 3 is 2.81 bits per heavy atom. The molecule has 0 saturated carbocycles. The lowest BCUT2D eigenvalue weighted by molar-refractivity contribution is -0.122. The first-order chi connectivity index (χ1) is 12.9. The molecule has 4 heteroatoms. The number of benzene rings is 1. The van der Waals surface area contributed by atoms with Gasteiger partial charge in [-0.2, -0.15) is 0 Å². The van der Waals surface area contributed by atoms with E-state index in [4.69, 9.17) is 0 Å². The molecule has 2 heterocycles. The number of anilines is 1. The van der Waals surface area contributed by atoms with Gasteiger partial charge in [-0.05, 0) is 55.7 Å². The van der Waals surface area contributed by atoms with Crippen molar-refractivity contribution in [3.05, 3.63) is 29.3 Å². The molecule has 2 aliphatic rings. The van der Waals surface area contributed by atoms with Gasteiger partial charge in [0, 0.05) is 24.2 Å². The third-order valence-electron chi connectivity index (χ3n) is 7.29. The van der Waals surface area contributed by atoms with Crippen molar-refractivity contribution in [2.24, 2.45) is 11.3 Å². The van der Waals surface area contributed by atoms with Gasteiger partial charge in [-0.25, -0.2) is 0 Å². The van der Waals surface area contributed by atoms with Gasteiger partial charge in [0.1, 0.15) is 6.04 Å². The van der Waals surface area contributed by atoms with Gasteiger partial charge < -0.3 is 16.0 Å². The zero-order valence-corrected chi connectivity index (χ0v) is 17.7. The lowest BCUT2D eigenvalue weighted by atomic mass is 9.63. The number of rotatable bonds is 6. The van der Waals surface area contributed by atoms with E-state index in [2.05, 4.69) is 68.8 Å². The lowest BCUT2D eigenvalue weighted by Gasteiger charge is -2.49. The zero-order chi connectivity index (χ0) is 19.6. The van der Waals surface area contributed by atoms with Crippen LogP contribution >= 0.6 is 0 Å². The molecule has 27 heavy (non-hydrogen) atoms. The number of nitrogens with one attached hydrogen (secondary N) is 3. The van der Waals surface area contributed by atoms with Crippen LogP contribution in [0, 0.1) is 18.3 Å². The van der Waals surface area contributed by atoms with Crippen LogP contribution in [0.5, 0.6) is 0 Å². The molecule has 0 radical (unpaired) electrons. The molecule has 1 saturated heterocycles. The molecule has 150 valence electrons. The molecular formula is C23H37N3O. The summed E-state index contributed by atoms with van der Waals surface area (Å²) in [6.45, 7) is 12.3. The summed E-state index contributed by atoms with van der Waals surface area (Å²) in [5.74, 6) is 0.678. The van der Waals surface area contributed by atoms with E-state index in [1.165, 1.54) is 36.8 Å². The standard InChI is InChI=1S/C23H37N3O/c1-6-11-23(7-2)12-13-24-21(16(23)4)17(5)25-22(27)19-14-18-10-8-9-15(3)20(18)26-19/h8-10,16-17,19,21,24,26H,6-7,11-14H2,1-5H3,(H,25,27). The van der Waals surface area contributed by atoms with Crippen molar-refractivity contribution in [3.8, 4) is 0 Å². The summed E-state index contributed by atoms with van der Waals surface area (Å²) < 4.78 is 0. The SMILES string of the molecule is CCCC1(CC)CCNC(C(C)NC(=O)C2Cc3cccc(C)c3N2)C1C. The quantitative estimate of drug-likeness (QED) is 0.708. The first-order valence-corrected chi connectivity index (χ1v) is 10.8. The van der Waals surface area contributed by atoms with E-state index >= 15 is 0 Å². The Bertz CT molecular complexity index is 670. The molecule has 5 atom stereocenters. The van der Waals surface area contributed by atoms with Crippen LogP contribution < -0.4 is 16.0 Å². The van der Waals surface area contributed by atoms with Crippen molar-refractivity contribution in [3.63, 3.8) is 0 Å². The summed E-state index contributed by atoms with van der Waals surface area (Å²) in [4.78, 5) is 12.9. The third-order valence-corrected chi connectivity index (χ3v) is 7.29. The van der Waals surface area contributed by atoms with Crippen LogP contribution in [0.4, 0.5) is 5.69 Å². The fourth-order valence-electron chi connectivity index (χ4n) is 5.53. The molecule has 3 rings (SSSR count). The maximum absolute atomic E-state index is 12.9. The van der Waals surface area contributed by atoms with E-state index in [1.54, 1.807) is 0 Å². The van der Waals surface area contributed by atoms with Crippen molar-refractivity contribution >= 4 is 11.6 Å². The average molecular weight is 372 g/mol. The highest BCUT2D eigenvalue weighted by Gasteiger charge is 2.43. The second-order valence-electron chi connectivity index (χ2n) is 8.79. The number of carbonyl (C=O) groups excluding carboxylic acids is 1. The fourth-order valence-corrected chi connectivity index (χ4v) is 5.53. The van der Waals surface area contributed by atoms with Crippen molar-refractivity contribution < 1.29 is 4.79 Å². The molecule has 1 aromatic rings. The molecule has 2 aliphatic heterocycles. The number of para-hydroxylation sites is 1. The number of amides is 1. The molecule has 0 aliphatic carbocycles. The highest BCUT2D eigenvalue weighted by atomic mass is 16.2. The molecule has 1 fully saturated rings. The van der Waals surface area contributed by atoms with Crippen LogP contribution in [0.25, 0.3) is 0 Å². The van der Waals surface area contributed by atoms with E-state index in [0.717, 1.165) is 18.7 Å². The topological polar surface area (TPSA) is 53.2 Å². The van der Waals surface area contributed by atoms with Crippen LogP contribution in [0.15, 0.2) is 18.2 Å². The van der Waals surface area contributed by atoms with Gasteiger partial charge in [0.15, 0.2) is 0 Å². The van der Waals surface area contributed by atoms with Gasteiger partial charge in [0.2, 0.25) is 5.91 Å².